The third-order valence-corrected chi connectivity index (χ3v) is 5.41. The first kappa shape index (κ1) is 16.9. The van der Waals surface area contributed by atoms with Crippen molar-refractivity contribution in [2.45, 2.75) is 29.6 Å². The van der Waals surface area contributed by atoms with E-state index in [0.717, 1.165) is 46.7 Å². The molecule has 0 unspecified atom stereocenters. The van der Waals surface area contributed by atoms with Crippen molar-refractivity contribution in [2.75, 3.05) is 6.79 Å². The van der Waals surface area contributed by atoms with Gasteiger partial charge in [0.2, 0.25) is 6.79 Å². The lowest BCUT2D eigenvalue weighted by Crippen LogP contribution is -2.13. The molecule has 0 amide bonds. The molecule has 4 heterocycles. The highest BCUT2D eigenvalue weighted by atomic mass is 32.2. The number of hydrogen-bond acceptors (Lipinski definition) is 6. The molecule has 4 aromatic rings. The Hall–Kier alpha value is -3.20. The van der Waals surface area contributed by atoms with Crippen molar-refractivity contribution in [3.05, 3.63) is 54.5 Å². The zero-order chi connectivity index (χ0) is 18.9. The number of aryl methyl sites for hydroxylation is 2. The fourth-order valence-corrected chi connectivity index (χ4v) is 3.98. The van der Waals surface area contributed by atoms with E-state index in [9.17, 15) is 0 Å². The third-order valence-electron chi connectivity index (χ3n) is 4.54. The van der Waals surface area contributed by atoms with Gasteiger partial charge in [0, 0.05) is 30.4 Å². The lowest BCUT2D eigenvalue weighted by molar-refractivity contribution is 0.174. The second kappa shape index (κ2) is 7.08. The second-order valence-electron chi connectivity index (χ2n) is 6.42. The van der Waals surface area contributed by atoms with Crippen LogP contribution in [0.2, 0.25) is 0 Å². The lowest BCUT2D eigenvalue weighted by atomic mass is 10.3. The van der Waals surface area contributed by atoms with Crippen molar-refractivity contribution in [2.24, 2.45) is 0 Å². The van der Waals surface area contributed by atoms with Crippen LogP contribution in [-0.4, -0.2) is 30.9 Å². The van der Waals surface area contributed by atoms with E-state index >= 15 is 0 Å². The summed E-state index contributed by atoms with van der Waals surface area (Å²) in [6.07, 6.45) is 6.75. The summed E-state index contributed by atoms with van der Waals surface area (Å²) < 4.78 is 14.9. The number of aromatic amines is 1. The predicted molar refractivity (Wildman–Crippen MR) is 103 cm³/mol. The van der Waals surface area contributed by atoms with Gasteiger partial charge in [-0.15, -0.1) is 0 Å². The molecule has 142 valence electrons. The van der Waals surface area contributed by atoms with Gasteiger partial charge < -0.3 is 23.6 Å². The van der Waals surface area contributed by atoms with Crippen LogP contribution in [-0.2, 0) is 13.1 Å². The summed E-state index contributed by atoms with van der Waals surface area (Å²) in [4.78, 5) is 13.1. The standard InChI is InChI=1S/C19H18N6O2S/c20-17-16-18(25(11-21-17)9-3-8-24-6-1-2-7-24)23-19(22-16)28-13-4-5-14-15(10-13)27-12-26-14/h1-2,4-7,10-11,20H,3,8-9,12H2,(H,22,23). The fraction of sp³-hybridized carbons (Fsp3) is 0.211. The molecule has 0 saturated heterocycles. The van der Waals surface area contributed by atoms with E-state index in [1.54, 1.807) is 6.33 Å². The van der Waals surface area contributed by atoms with Gasteiger partial charge in [0.15, 0.2) is 27.8 Å². The minimum absolute atomic E-state index is 0.196. The number of nitrogens with one attached hydrogen (secondary N) is 2. The zero-order valence-electron chi connectivity index (χ0n) is 15.0. The van der Waals surface area contributed by atoms with Crippen molar-refractivity contribution in [1.29, 1.82) is 5.41 Å². The largest absolute Gasteiger partial charge is 0.454 e. The molecule has 0 bridgehead atoms. The Morgan fingerprint density at radius 1 is 1.14 bits per heavy atom. The highest BCUT2D eigenvalue weighted by Crippen LogP contribution is 2.37. The number of fused-ring (bicyclic) bond motifs is 2. The summed E-state index contributed by atoms with van der Waals surface area (Å²) >= 11 is 1.49. The Morgan fingerprint density at radius 2 is 2.00 bits per heavy atom. The van der Waals surface area contributed by atoms with Gasteiger partial charge in [0.1, 0.15) is 5.52 Å². The molecular formula is C19H18N6O2S. The van der Waals surface area contributed by atoms with Gasteiger partial charge >= 0.3 is 0 Å². The minimum Gasteiger partial charge on any atom is -0.454 e. The molecule has 0 radical (unpaired) electrons. The highest BCUT2D eigenvalue weighted by Gasteiger charge is 2.15. The molecule has 28 heavy (non-hydrogen) atoms. The van der Waals surface area contributed by atoms with Gasteiger partial charge in [-0.25, -0.2) is 9.97 Å². The average Bonchev–Trinajstić information content (AvgIpc) is 3.44. The zero-order valence-corrected chi connectivity index (χ0v) is 15.8. The van der Waals surface area contributed by atoms with Crippen LogP contribution in [0.1, 0.15) is 6.42 Å². The first-order valence-corrected chi connectivity index (χ1v) is 9.76. The van der Waals surface area contributed by atoms with Gasteiger partial charge in [0.05, 0.1) is 6.33 Å². The van der Waals surface area contributed by atoms with E-state index in [4.69, 9.17) is 19.9 Å². The Bertz CT molecular complexity index is 1180. The highest BCUT2D eigenvalue weighted by molar-refractivity contribution is 7.99. The monoisotopic (exact) mass is 394 g/mol. The van der Waals surface area contributed by atoms with Gasteiger partial charge in [-0.1, -0.05) is 11.8 Å². The molecule has 8 nitrogen and oxygen atoms in total. The van der Waals surface area contributed by atoms with Crippen molar-refractivity contribution in [3.63, 3.8) is 0 Å². The molecule has 1 aliphatic rings. The van der Waals surface area contributed by atoms with Crippen LogP contribution >= 0.6 is 11.8 Å². The third kappa shape index (κ3) is 3.24. The van der Waals surface area contributed by atoms with E-state index < -0.39 is 0 Å². The van der Waals surface area contributed by atoms with E-state index in [1.807, 2.05) is 34.9 Å². The topological polar surface area (TPSA) is 93.7 Å². The summed E-state index contributed by atoms with van der Waals surface area (Å²) in [6.45, 7) is 1.96. The van der Waals surface area contributed by atoms with E-state index in [0.29, 0.717) is 5.52 Å². The Morgan fingerprint density at radius 3 is 2.89 bits per heavy atom. The van der Waals surface area contributed by atoms with Crippen LogP contribution in [0.3, 0.4) is 0 Å². The molecule has 0 saturated carbocycles. The molecule has 3 aromatic heterocycles. The molecule has 5 rings (SSSR count). The van der Waals surface area contributed by atoms with Crippen LogP contribution in [0.15, 0.2) is 59.1 Å². The van der Waals surface area contributed by atoms with Gasteiger partial charge in [-0.05, 0) is 36.8 Å². The van der Waals surface area contributed by atoms with Gasteiger partial charge in [0.25, 0.3) is 0 Å². The molecule has 2 N–H and O–H groups in total. The Labute approximate surface area is 164 Å². The molecule has 0 atom stereocenters. The van der Waals surface area contributed by atoms with Crippen LogP contribution in [0.25, 0.3) is 11.2 Å². The molecular weight excluding hydrogens is 376 g/mol. The maximum Gasteiger partial charge on any atom is 0.231 e. The summed E-state index contributed by atoms with van der Waals surface area (Å²) in [5.41, 5.74) is 1.59. The first-order chi connectivity index (χ1) is 13.8. The summed E-state index contributed by atoms with van der Waals surface area (Å²) in [6, 6.07) is 9.85. The van der Waals surface area contributed by atoms with E-state index in [-0.39, 0.29) is 12.3 Å². The van der Waals surface area contributed by atoms with E-state index in [2.05, 4.69) is 26.9 Å². The van der Waals surface area contributed by atoms with Crippen molar-refractivity contribution < 1.29 is 9.47 Å². The molecule has 9 heteroatoms. The number of benzene rings is 1. The maximum atomic E-state index is 8.10. The molecule has 0 aliphatic carbocycles. The summed E-state index contributed by atoms with van der Waals surface area (Å²) in [5.74, 6) is 1.50. The van der Waals surface area contributed by atoms with Crippen molar-refractivity contribution >= 4 is 22.9 Å². The molecule has 1 aliphatic heterocycles. The smallest absolute Gasteiger partial charge is 0.231 e. The molecule has 1 aromatic carbocycles. The summed E-state index contributed by atoms with van der Waals surface area (Å²) in [5, 5.41) is 8.82. The number of aromatic nitrogens is 5. The van der Waals surface area contributed by atoms with Crippen LogP contribution in [0.4, 0.5) is 0 Å². The number of nitrogens with zero attached hydrogens (tertiary/aromatic N) is 4. The van der Waals surface area contributed by atoms with Crippen molar-refractivity contribution in [1.82, 2.24) is 24.1 Å². The fourth-order valence-electron chi connectivity index (χ4n) is 3.17. The van der Waals surface area contributed by atoms with Crippen molar-refractivity contribution in [3.8, 4) is 11.5 Å². The lowest BCUT2D eigenvalue weighted by Gasteiger charge is -2.07. The number of hydrogen-bond donors (Lipinski definition) is 2. The maximum absolute atomic E-state index is 8.10. The first-order valence-electron chi connectivity index (χ1n) is 8.94. The minimum atomic E-state index is 0.196. The van der Waals surface area contributed by atoms with Crippen LogP contribution in [0, 0.1) is 5.41 Å². The van der Waals surface area contributed by atoms with Crippen LogP contribution < -0.4 is 15.0 Å². The number of imidazole rings is 1. The number of ether oxygens (including phenoxy) is 2. The summed E-state index contributed by atoms with van der Waals surface area (Å²) in [7, 11) is 0. The Kier molecular flexibility index (Phi) is 4.28. The van der Waals surface area contributed by atoms with Crippen LogP contribution in [0.5, 0.6) is 11.5 Å². The number of rotatable bonds is 6. The van der Waals surface area contributed by atoms with Gasteiger partial charge in [-0.3, -0.25) is 5.41 Å². The predicted octanol–water partition coefficient (Wildman–Crippen LogP) is 3.01. The SMILES string of the molecule is N=c1ncn(CCCn2cccc2)c2nc(Sc3ccc4c(c3)OCO4)[nH]c12. The number of H-pyrrole nitrogens is 1. The van der Waals surface area contributed by atoms with E-state index in [1.165, 1.54) is 11.8 Å². The average molecular weight is 394 g/mol. The quantitative estimate of drug-likeness (QED) is 0.524. The Balaban J connectivity index is 1.38. The second-order valence-corrected chi connectivity index (χ2v) is 7.48. The normalized spacial score (nSPS) is 12.7. The molecule has 0 fully saturated rings. The molecule has 0 spiro atoms. The van der Waals surface area contributed by atoms with Gasteiger partial charge in [-0.2, -0.15) is 0 Å².